The number of rotatable bonds is 6. The summed E-state index contributed by atoms with van der Waals surface area (Å²) in [6.45, 7) is 3.84. The standard InChI is InChI=1S/C25H27N3O3/c1-16-21(14-15-24(29)30)17(2)28(27-16)20-12-10-19(11-13-20)25(31)26-23-9-5-7-18-6-3-4-8-22(18)23/h3-4,6,8,10-13,23H,5,7,9,14-15H2,1-2H3,(H,26,31)(H,29,30). The molecule has 1 amide bonds. The van der Waals surface area contributed by atoms with Crippen molar-refractivity contribution in [2.45, 2.75) is 52.0 Å². The van der Waals surface area contributed by atoms with Crippen LogP contribution in [0, 0.1) is 13.8 Å². The monoisotopic (exact) mass is 417 g/mol. The number of aryl methyl sites for hydroxylation is 2. The number of aromatic nitrogens is 2. The third-order valence-corrected chi connectivity index (χ3v) is 6.08. The number of hydrogen-bond acceptors (Lipinski definition) is 3. The van der Waals surface area contributed by atoms with E-state index < -0.39 is 5.97 Å². The summed E-state index contributed by atoms with van der Waals surface area (Å²) in [6.07, 6.45) is 3.62. The molecule has 0 saturated heterocycles. The van der Waals surface area contributed by atoms with Crippen molar-refractivity contribution < 1.29 is 14.7 Å². The van der Waals surface area contributed by atoms with E-state index in [1.54, 1.807) is 0 Å². The lowest BCUT2D eigenvalue weighted by molar-refractivity contribution is -0.136. The van der Waals surface area contributed by atoms with Gasteiger partial charge in [0, 0.05) is 17.7 Å². The summed E-state index contributed by atoms with van der Waals surface area (Å²) in [6, 6.07) is 15.7. The molecule has 1 atom stereocenters. The molecule has 0 spiro atoms. The second-order valence-electron chi connectivity index (χ2n) is 8.12. The van der Waals surface area contributed by atoms with Crippen molar-refractivity contribution in [1.82, 2.24) is 15.1 Å². The molecule has 4 rings (SSSR count). The van der Waals surface area contributed by atoms with Gasteiger partial charge in [0.2, 0.25) is 0 Å². The Balaban J connectivity index is 1.50. The lowest BCUT2D eigenvalue weighted by Crippen LogP contribution is -2.30. The Morgan fingerprint density at radius 2 is 1.87 bits per heavy atom. The molecule has 1 aliphatic carbocycles. The van der Waals surface area contributed by atoms with Crippen LogP contribution >= 0.6 is 0 Å². The maximum absolute atomic E-state index is 12.9. The molecular formula is C25H27N3O3. The summed E-state index contributed by atoms with van der Waals surface area (Å²) in [4.78, 5) is 23.8. The van der Waals surface area contributed by atoms with E-state index in [0.29, 0.717) is 12.0 Å². The average Bonchev–Trinajstić information content (AvgIpc) is 3.06. The number of carboxylic acid groups (broad SMARTS) is 1. The molecule has 1 heterocycles. The normalized spacial score (nSPS) is 15.4. The van der Waals surface area contributed by atoms with Gasteiger partial charge in [0.05, 0.1) is 17.4 Å². The van der Waals surface area contributed by atoms with E-state index in [4.69, 9.17) is 5.11 Å². The number of carbonyl (C=O) groups is 2. The van der Waals surface area contributed by atoms with Crippen LogP contribution in [-0.2, 0) is 17.6 Å². The molecule has 1 aliphatic rings. The Morgan fingerprint density at radius 3 is 2.61 bits per heavy atom. The second-order valence-corrected chi connectivity index (χ2v) is 8.12. The van der Waals surface area contributed by atoms with Crippen LogP contribution in [0.4, 0.5) is 0 Å². The Morgan fingerprint density at radius 1 is 1.13 bits per heavy atom. The second kappa shape index (κ2) is 8.76. The lowest BCUT2D eigenvalue weighted by atomic mass is 9.87. The number of carboxylic acids is 1. The molecule has 1 unspecified atom stereocenters. The van der Waals surface area contributed by atoms with Gasteiger partial charge < -0.3 is 10.4 Å². The minimum atomic E-state index is -0.817. The van der Waals surface area contributed by atoms with Crippen LogP contribution in [0.2, 0.25) is 0 Å². The smallest absolute Gasteiger partial charge is 0.303 e. The van der Waals surface area contributed by atoms with E-state index in [1.807, 2.05) is 54.9 Å². The van der Waals surface area contributed by atoms with E-state index in [2.05, 4.69) is 22.5 Å². The SMILES string of the molecule is Cc1nn(-c2ccc(C(=O)NC3CCCc4ccccc43)cc2)c(C)c1CCC(=O)O. The fourth-order valence-corrected chi connectivity index (χ4v) is 4.42. The highest BCUT2D eigenvalue weighted by atomic mass is 16.4. The predicted octanol–water partition coefficient (Wildman–Crippen LogP) is 4.31. The van der Waals surface area contributed by atoms with Gasteiger partial charge in [-0.2, -0.15) is 5.10 Å². The van der Waals surface area contributed by atoms with Crippen molar-refractivity contribution in [3.63, 3.8) is 0 Å². The zero-order chi connectivity index (χ0) is 22.0. The summed E-state index contributed by atoms with van der Waals surface area (Å²) in [7, 11) is 0. The lowest BCUT2D eigenvalue weighted by Gasteiger charge is -2.26. The average molecular weight is 418 g/mol. The topological polar surface area (TPSA) is 84.2 Å². The maximum atomic E-state index is 12.9. The molecule has 2 aromatic carbocycles. The molecule has 6 nitrogen and oxygen atoms in total. The van der Waals surface area contributed by atoms with Gasteiger partial charge in [0.25, 0.3) is 5.91 Å². The summed E-state index contributed by atoms with van der Waals surface area (Å²) in [5.74, 6) is -0.897. The van der Waals surface area contributed by atoms with E-state index in [0.717, 1.165) is 41.9 Å². The Kier molecular flexibility index (Phi) is 5.89. The Bertz CT molecular complexity index is 1120. The Labute approximate surface area is 181 Å². The van der Waals surface area contributed by atoms with Gasteiger partial charge in [0.1, 0.15) is 0 Å². The first kappa shape index (κ1) is 20.8. The van der Waals surface area contributed by atoms with Crippen LogP contribution in [0.25, 0.3) is 5.69 Å². The summed E-state index contributed by atoms with van der Waals surface area (Å²) in [5, 5.41) is 16.7. The molecule has 6 heteroatoms. The van der Waals surface area contributed by atoms with Crippen LogP contribution in [0.5, 0.6) is 0 Å². The van der Waals surface area contributed by atoms with Crippen molar-refractivity contribution in [3.05, 3.63) is 82.2 Å². The summed E-state index contributed by atoms with van der Waals surface area (Å²) < 4.78 is 1.81. The van der Waals surface area contributed by atoms with Crippen molar-refractivity contribution in [2.24, 2.45) is 0 Å². The highest BCUT2D eigenvalue weighted by Gasteiger charge is 2.22. The van der Waals surface area contributed by atoms with Gasteiger partial charge in [-0.3, -0.25) is 9.59 Å². The number of nitrogens with zero attached hydrogens (tertiary/aromatic N) is 2. The van der Waals surface area contributed by atoms with Crippen molar-refractivity contribution in [1.29, 1.82) is 0 Å². The van der Waals surface area contributed by atoms with Crippen LogP contribution in [-0.4, -0.2) is 26.8 Å². The fraction of sp³-hybridized carbons (Fsp3) is 0.320. The fourth-order valence-electron chi connectivity index (χ4n) is 4.42. The molecule has 0 bridgehead atoms. The highest BCUT2D eigenvalue weighted by molar-refractivity contribution is 5.94. The van der Waals surface area contributed by atoms with E-state index in [-0.39, 0.29) is 18.4 Å². The number of fused-ring (bicyclic) bond motifs is 1. The minimum Gasteiger partial charge on any atom is -0.481 e. The van der Waals surface area contributed by atoms with Gasteiger partial charge in [0.15, 0.2) is 0 Å². The molecule has 0 aliphatic heterocycles. The molecule has 3 aromatic rings. The molecule has 0 fully saturated rings. The van der Waals surface area contributed by atoms with Crippen molar-refractivity contribution in [2.75, 3.05) is 0 Å². The first-order valence-electron chi connectivity index (χ1n) is 10.7. The Hall–Kier alpha value is -3.41. The maximum Gasteiger partial charge on any atom is 0.303 e. The van der Waals surface area contributed by atoms with Gasteiger partial charge >= 0.3 is 5.97 Å². The van der Waals surface area contributed by atoms with Crippen LogP contribution < -0.4 is 5.32 Å². The number of benzene rings is 2. The molecule has 160 valence electrons. The molecule has 0 radical (unpaired) electrons. The van der Waals surface area contributed by atoms with Crippen LogP contribution in [0.15, 0.2) is 48.5 Å². The van der Waals surface area contributed by atoms with Crippen LogP contribution in [0.3, 0.4) is 0 Å². The zero-order valence-electron chi connectivity index (χ0n) is 17.9. The quantitative estimate of drug-likeness (QED) is 0.626. The number of amides is 1. The first-order valence-corrected chi connectivity index (χ1v) is 10.7. The van der Waals surface area contributed by atoms with E-state index >= 15 is 0 Å². The highest BCUT2D eigenvalue weighted by Crippen LogP contribution is 2.29. The molecule has 31 heavy (non-hydrogen) atoms. The predicted molar refractivity (Wildman–Crippen MR) is 119 cm³/mol. The number of carbonyl (C=O) groups excluding carboxylic acids is 1. The molecule has 0 saturated carbocycles. The van der Waals surface area contributed by atoms with E-state index in [1.165, 1.54) is 11.1 Å². The summed E-state index contributed by atoms with van der Waals surface area (Å²) >= 11 is 0. The van der Waals surface area contributed by atoms with Gasteiger partial charge in [-0.25, -0.2) is 4.68 Å². The van der Waals surface area contributed by atoms with Gasteiger partial charge in [-0.1, -0.05) is 24.3 Å². The third kappa shape index (κ3) is 4.38. The minimum absolute atomic E-state index is 0.0462. The summed E-state index contributed by atoms with van der Waals surface area (Å²) in [5.41, 5.74) is 6.71. The van der Waals surface area contributed by atoms with Crippen molar-refractivity contribution in [3.8, 4) is 5.69 Å². The van der Waals surface area contributed by atoms with Gasteiger partial charge in [-0.15, -0.1) is 0 Å². The largest absolute Gasteiger partial charge is 0.481 e. The third-order valence-electron chi connectivity index (χ3n) is 6.08. The molecule has 2 N–H and O–H groups in total. The van der Waals surface area contributed by atoms with Crippen LogP contribution in [0.1, 0.15) is 63.7 Å². The number of aliphatic carboxylic acids is 1. The van der Waals surface area contributed by atoms with E-state index in [9.17, 15) is 9.59 Å². The number of nitrogens with one attached hydrogen (secondary N) is 1. The van der Waals surface area contributed by atoms with Crippen molar-refractivity contribution >= 4 is 11.9 Å². The first-order chi connectivity index (χ1) is 14.9. The zero-order valence-corrected chi connectivity index (χ0v) is 17.9. The van der Waals surface area contributed by atoms with Gasteiger partial charge in [-0.05, 0) is 80.5 Å². The molecule has 1 aromatic heterocycles. The molecular weight excluding hydrogens is 390 g/mol. The number of hydrogen-bond donors (Lipinski definition) is 2.